The van der Waals surface area contributed by atoms with Crippen molar-refractivity contribution in [3.63, 3.8) is 0 Å². The van der Waals surface area contributed by atoms with Crippen LogP contribution in [0.3, 0.4) is 0 Å². The molecule has 4 heteroatoms. The summed E-state index contributed by atoms with van der Waals surface area (Å²) in [5.41, 5.74) is 0. The van der Waals surface area contributed by atoms with Gasteiger partial charge in [0.2, 0.25) is 5.88 Å². The van der Waals surface area contributed by atoms with E-state index in [4.69, 9.17) is 4.74 Å². The van der Waals surface area contributed by atoms with Gasteiger partial charge in [-0.05, 0) is 47.3 Å². The van der Waals surface area contributed by atoms with E-state index in [-0.39, 0.29) is 0 Å². The summed E-state index contributed by atoms with van der Waals surface area (Å²) in [6, 6.07) is 4.42. The smallest absolute Gasteiger partial charge is 0.213 e. The SMILES string of the molecule is Brc1ccc(O[C@@H]2C[C@@H]3CN[C@H]2C3)nc1. The zero-order chi connectivity index (χ0) is 10.3. The molecule has 0 aromatic carbocycles. The third-order valence-electron chi connectivity index (χ3n) is 3.24. The first-order chi connectivity index (χ1) is 7.31. The predicted molar refractivity (Wildman–Crippen MR) is 60.9 cm³/mol. The predicted octanol–water partition coefficient (Wildman–Crippen LogP) is 1.97. The Labute approximate surface area is 97.4 Å². The molecule has 2 fully saturated rings. The number of fused-ring (bicyclic) bond motifs is 2. The Balaban J connectivity index is 1.68. The molecule has 1 aliphatic carbocycles. The summed E-state index contributed by atoms with van der Waals surface area (Å²) < 4.78 is 6.86. The van der Waals surface area contributed by atoms with Crippen LogP contribution in [0.1, 0.15) is 12.8 Å². The fourth-order valence-electron chi connectivity index (χ4n) is 2.52. The average Bonchev–Trinajstić information content (AvgIpc) is 2.83. The maximum absolute atomic E-state index is 5.87. The number of aromatic nitrogens is 1. The van der Waals surface area contributed by atoms with Crippen LogP contribution < -0.4 is 10.1 Å². The number of pyridine rings is 1. The Morgan fingerprint density at radius 2 is 2.33 bits per heavy atom. The monoisotopic (exact) mass is 268 g/mol. The van der Waals surface area contributed by atoms with E-state index in [0.29, 0.717) is 12.1 Å². The van der Waals surface area contributed by atoms with E-state index in [1.54, 1.807) is 6.20 Å². The fourth-order valence-corrected chi connectivity index (χ4v) is 2.75. The van der Waals surface area contributed by atoms with Crippen molar-refractivity contribution in [2.24, 2.45) is 5.92 Å². The van der Waals surface area contributed by atoms with Gasteiger partial charge in [-0.3, -0.25) is 0 Å². The standard InChI is InChI=1S/C11H13BrN2O/c12-8-1-2-11(14-6-8)15-10-4-7-3-9(10)13-5-7/h1-2,6-7,9-10,13H,3-5H2/t7-,9+,10-/m1/s1. The number of rotatable bonds is 2. The zero-order valence-corrected chi connectivity index (χ0v) is 9.90. The molecule has 0 unspecified atom stereocenters. The van der Waals surface area contributed by atoms with Gasteiger partial charge in [0, 0.05) is 22.8 Å². The van der Waals surface area contributed by atoms with Crippen LogP contribution >= 0.6 is 15.9 Å². The highest BCUT2D eigenvalue weighted by Gasteiger charge is 2.40. The summed E-state index contributed by atoms with van der Waals surface area (Å²) in [6.45, 7) is 1.16. The van der Waals surface area contributed by atoms with Crippen molar-refractivity contribution < 1.29 is 4.74 Å². The van der Waals surface area contributed by atoms with Gasteiger partial charge in [0.25, 0.3) is 0 Å². The van der Waals surface area contributed by atoms with Crippen LogP contribution in [-0.2, 0) is 0 Å². The van der Waals surface area contributed by atoms with Crippen LogP contribution in [0.4, 0.5) is 0 Å². The Kier molecular flexibility index (Phi) is 2.41. The van der Waals surface area contributed by atoms with Crippen molar-refractivity contribution in [2.75, 3.05) is 6.54 Å². The van der Waals surface area contributed by atoms with Crippen LogP contribution in [0.25, 0.3) is 0 Å². The average molecular weight is 269 g/mol. The number of halogens is 1. The molecule has 3 rings (SSSR count). The number of ether oxygens (including phenoxy) is 1. The Morgan fingerprint density at radius 3 is 2.93 bits per heavy atom. The van der Waals surface area contributed by atoms with Crippen molar-refractivity contribution in [3.8, 4) is 5.88 Å². The lowest BCUT2D eigenvalue weighted by molar-refractivity contribution is 0.152. The summed E-state index contributed by atoms with van der Waals surface area (Å²) in [5.74, 6) is 1.55. The number of hydrogen-bond donors (Lipinski definition) is 1. The molecule has 1 saturated carbocycles. The van der Waals surface area contributed by atoms with Crippen molar-refractivity contribution in [3.05, 3.63) is 22.8 Å². The quantitative estimate of drug-likeness (QED) is 0.891. The molecule has 0 radical (unpaired) electrons. The van der Waals surface area contributed by atoms with Crippen molar-refractivity contribution in [2.45, 2.75) is 25.0 Å². The third-order valence-corrected chi connectivity index (χ3v) is 3.71. The molecule has 80 valence electrons. The largest absolute Gasteiger partial charge is 0.473 e. The molecular formula is C11H13BrN2O. The molecule has 1 aromatic heterocycles. The van der Waals surface area contributed by atoms with Crippen LogP contribution in [0.2, 0.25) is 0 Å². The lowest BCUT2D eigenvalue weighted by Gasteiger charge is -2.23. The summed E-state index contributed by atoms with van der Waals surface area (Å²) in [4.78, 5) is 4.23. The van der Waals surface area contributed by atoms with Gasteiger partial charge in [0.15, 0.2) is 0 Å². The molecule has 1 saturated heterocycles. The van der Waals surface area contributed by atoms with E-state index >= 15 is 0 Å². The van der Waals surface area contributed by atoms with Gasteiger partial charge >= 0.3 is 0 Å². The molecule has 2 aliphatic rings. The minimum atomic E-state index is 0.317. The van der Waals surface area contributed by atoms with E-state index in [1.807, 2.05) is 12.1 Å². The van der Waals surface area contributed by atoms with Gasteiger partial charge in [0.1, 0.15) is 6.10 Å². The first kappa shape index (κ1) is 9.60. The number of piperidine rings is 1. The normalized spacial score (nSPS) is 33.3. The third kappa shape index (κ3) is 1.88. The summed E-state index contributed by atoms with van der Waals surface area (Å²) >= 11 is 3.36. The topological polar surface area (TPSA) is 34.1 Å². The van der Waals surface area contributed by atoms with Crippen LogP contribution in [0.15, 0.2) is 22.8 Å². The molecule has 2 heterocycles. The lowest BCUT2D eigenvalue weighted by Crippen LogP contribution is -2.40. The first-order valence-electron chi connectivity index (χ1n) is 5.33. The molecule has 1 N–H and O–H groups in total. The van der Waals surface area contributed by atoms with Crippen molar-refractivity contribution in [1.29, 1.82) is 0 Å². The minimum absolute atomic E-state index is 0.317. The molecule has 1 aliphatic heterocycles. The lowest BCUT2D eigenvalue weighted by atomic mass is 10.1. The van der Waals surface area contributed by atoms with Gasteiger partial charge in [-0.15, -0.1) is 0 Å². The summed E-state index contributed by atoms with van der Waals surface area (Å²) in [6.07, 6.45) is 4.53. The second-order valence-corrected chi connectivity index (χ2v) is 5.24. The van der Waals surface area contributed by atoms with Gasteiger partial charge in [-0.25, -0.2) is 4.98 Å². The molecular weight excluding hydrogens is 256 g/mol. The number of nitrogens with one attached hydrogen (secondary N) is 1. The second-order valence-electron chi connectivity index (χ2n) is 4.32. The molecule has 0 spiro atoms. The maximum atomic E-state index is 5.87. The number of hydrogen-bond acceptors (Lipinski definition) is 3. The van der Waals surface area contributed by atoms with Gasteiger partial charge in [0.05, 0.1) is 0 Å². The molecule has 0 amide bonds. The summed E-state index contributed by atoms with van der Waals surface area (Å²) in [7, 11) is 0. The highest BCUT2D eigenvalue weighted by molar-refractivity contribution is 9.10. The highest BCUT2D eigenvalue weighted by Crippen LogP contribution is 2.33. The van der Waals surface area contributed by atoms with E-state index in [9.17, 15) is 0 Å². The minimum Gasteiger partial charge on any atom is -0.473 e. The van der Waals surface area contributed by atoms with E-state index in [1.165, 1.54) is 12.8 Å². The van der Waals surface area contributed by atoms with Crippen LogP contribution in [-0.4, -0.2) is 23.7 Å². The van der Waals surface area contributed by atoms with E-state index in [2.05, 4.69) is 26.2 Å². The second kappa shape index (κ2) is 3.76. The molecule has 1 aromatic rings. The summed E-state index contributed by atoms with van der Waals surface area (Å²) in [5, 5.41) is 3.48. The fraction of sp³-hybridized carbons (Fsp3) is 0.545. The van der Waals surface area contributed by atoms with Gasteiger partial charge in [-0.1, -0.05) is 0 Å². The van der Waals surface area contributed by atoms with Gasteiger partial charge < -0.3 is 10.1 Å². The van der Waals surface area contributed by atoms with E-state index < -0.39 is 0 Å². The maximum Gasteiger partial charge on any atom is 0.213 e. The van der Waals surface area contributed by atoms with Gasteiger partial charge in [-0.2, -0.15) is 0 Å². The molecule has 15 heavy (non-hydrogen) atoms. The Morgan fingerprint density at radius 1 is 1.40 bits per heavy atom. The Bertz CT molecular complexity index is 354. The van der Waals surface area contributed by atoms with Crippen molar-refractivity contribution >= 4 is 15.9 Å². The molecule has 2 bridgehead atoms. The van der Waals surface area contributed by atoms with Crippen LogP contribution in [0, 0.1) is 5.92 Å². The number of nitrogens with zero attached hydrogens (tertiary/aromatic N) is 1. The first-order valence-corrected chi connectivity index (χ1v) is 6.12. The molecule has 3 nitrogen and oxygen atoms in total. The zero-order valence-electron chi connectivity index (χ0n) is 8.32. The Hall–Kier alpha value is -0.610. The molecule has 3 atom stereocenters. The van der Waals surface area contributed by atoms with E-state index in [0.717, 1.165) is 22.8 Å². The van der Waals surface area contributed by atoms with Crippen molar-refractivity contribution in [1.82, 2.24) is 10.3 Å². The highest BCUT2D eigenvalue weighted by atomic mass is 79.9. The van der Waals surface area contributed by atoms with Crippen LogP contribution in [0.5, 0.6) is 5.88 Å².